The lowest BCUT2D eigenvalue weighted by atomic mass is 9.72. The van der Waals surface area contributed by atoms with Gasteiger partial charge in [-0.1, -0.05) is 75.2 Å². The third-order valence-corrected chi connectivity index (χ3v) is 6.07. The Hall–Kier alpha value is -2.82. The van der Waals surface area contributed by atoms with Gasteiger partial charge >= 0.3 is 6.15 Å². The molecule has 0 radical (unpaired) electrons. The average molecular weight is 469 g/mol. The summed E-state index contributed by atoms with van der Waals surface area (Å²) in [4.78, 5) is 28.6. The molecule has 0 bridgehead atoms. The fourth-order valence-corrected chi connectivity index (χ4v) is 4.60. The zero-order chi connectivity index (χ0) is 24.7. The van der Waals surface area contributed by atoms with Gasteiger partial charge in [0.15, 0.2) is 5.11 Å². The van der Waals surface area contributed by atoms with Crippen molar-refractivity contribution in [3.05, 3.63) is 71.3 Å². The number of hydrogen-bond acceptors (Lipinski definition) is 4. The second-order valence-corrected chi connectivity index (χ2v) is 8.48. The molecule has 33 heavy (non-hydrogen) atoms. The number of amides is 1. The maximum absolute atomic E-state index is 12.4. The first-order valence-corrected chi connectivity index (χ1v) is 12.1. The number of nitrogens with one attached hydrogen (secondary N) is 2. The van der Waals surface area contributed by atoms with E-state index in [0.29, 0.717) is 16.6 Å². The number of thiocarbonyl (C=S) groups is 1. The van der Waals surface area contributed by atoms with Gasteiger partial charge in [0, 0.05) is 11.1 Å². The highest BCUT2D eigenvalue weighted by Crippen LogP contribution is 2.40. The summed E-state index contributed by atoms with van der Waals surface area (Å²) in [7, 11) is 0. The highest BCUT2D eigenvalue weighted by Gasteiger charge is 2.35. The van der Waals surface area contributed by atoms with Gasteiger partial charge in [-0.2, -0.15) is 9.59 Å². The first-order valence-electron chi connectivity index (χ1n) is 11.7. The summed E-state index contributed by atoms with van der Waals surface area (Å²) in [6, 6.07) is 18.2. The second-order valence-electron chi connectivity index (χ2n) is 8.07. The van der Waals surface area contributed by atoms with Gasteiger partial charge in [0.05, 0.1) is 0 Å². The Morgan fingerprint density at radius 1 is 1.03 bits per heavy atom. The molecule has 0 atom stereocenters. The summed E-state index contributed by atoms with van der Waals surface area (Å²) >= 11 is 5.49. The Balaban J connectivity index is 0.00000101. The number of hydrogen-bond donors (Lipinski definition) is 2. The summed E-state index contributed by atoms with van der Waals surface area (Å²) in [6.45, 7) is 8.34. The quantitative estimate of drug-likeness (QED) is 0.531. The fourth-order valence-electron chi connectivity index (χ4n) is 4.30. The van der Waals surface area contributed by atoms with E-state index in [-0.39, 0.29) is 17.6 Å². The highest BCUT2D eigenvalue weighted by atomic mass is 32.1. The molecule has 0 aliphatic heterocycles. The van der Waals surface area contributed by atoms with Crippen LogP contribution in [0.25, 0.3) is 0 Å². The van der Waals surface area contributed by atoms with Crippen molar-refractivity contribution in [3.8, 4) is 0 Å². The lowest BCUT2D eigenvalue weighted by Crippen LogP contribution is -2.54. The van der Waals surface area contributed by atoms with Gasteiger partial charge in [0.1, 0.15) is 0 Å². The molecule has 1 fully saturated rings. The molecule has 1 saturated carbocycles. The minimum absolute atomic E-state index is 0.0169. The molecule has 1 aliphatic carbocycles. The fraction of sp³-hybridized carbons (Fsp3) is 0.444. The van der Waals surface area contributed by atoms with Crippen molar-refractivity contribution in [1.82, 2.24) is 10.6 Å². The smallest absolute Gasteiger partial charge is 0.357 e. The molecule has 178 valence electrons. The monoisotopic (exact) mass is 468 g/mol. The van der Waals surface area contributed by atoms with E-state index in [4.69, 9.17) is 21.8 Å². The normalized spacial score (nSPS) is 18.8. The van der Waals surface area contributed by atoms with E-state index >= 15 is 0 Å². The van der Waals surface area contributed by atoms with Crippen LogP contribution in [0.1, 0.15) is 86.7 Å². The van der Waals surface area contributed by atoms with E-state index in [2.05, 4.69) is 48.7 Å². The van der Waals surface area contributed by atoms with Gasteiger partial charge in [0.2, 0.25) is 0 Å². The minimum Gasteiger partial charge on any atom is -0.357 e. The van der Waals surface area contributed by atoms with Crippen molar-refractivity contribution in [3.63, 3.8) is 0 Å². The van der Waals surface area contributed by atoms with Gasteiger partial charge < -0.3 is 5.32 Å². The third-order valence-electron chi connectivity index (χ3n) is 5.86. The summed E-state index contributed by atoms with van der Waals surface area (Å²) in [5, 5.41) is 6.81. The van der Waals surface area contributed by atoms with Crippen LogP contribution in [0.15, 0.2) is 54.6 Å². The number of benzene rings is 2. The Kier molecular flexibility index (Phi) is 12.9. The Labute approximate surface area is 203 Å². The van der Waals surface area contributed by atoms with Crippen LogP contribution in [-0.4, -0.2) is 22.7 Å². The SMILES string of the molecule is CC.CCCC1(NC(=S)NC(=O)c2ccccc2)CCC(c2ccc(C)cc2)CC1.O=C=O. The topological polar surface area (TPSA) is 75.3 Å². The molecule has 1 aliphatic rings. The Morgan fingerprint density at radius 2 is 1.58 bits per heavy atom. The van der Waals surface area contributed by atoms with Crippen molar-refractivity contribution in [2.24, 2.45) is 0 Å². The summed E-state index contributed by atoms with van der Waals surface area (Å²) in [5.41, 5.74) is 3.35. The number of carbonyl (C=O) groups is 1. The molecule has 2 aromatic carbocycles. The number of aryl methyl sites for hydroxylation is 1. The average Bonchev–Trinajstić information content (AvgIpc) is 2.83. The Morgan fingerprint density at radius 3 is 2.09 bits per heavy atom. The van der Waals surface area contributed by atoms with Crippen molar-refractivity contribution < 1.29 is 14.4 Å². The zero-order valence-electron chi connectivity index (χ0n) is 20.1. The molecule has 6 heteroatoms. The van der Waals surface area contributed by atoms with Gasteiger partial charge in [-0.05, 0) is 74.9 Å². The first kappa shape index (κ1) is 28.2. The van der Waals surface area contributed by atoms with Crippen molar-refractivity contribution in [1.29, 1.82) is 0 Å². The van der Waals surface area contributed by atoms with Crippen LogP contribution < -0.4 is 10.6 Å². The first-order chi connectivity index (χ1) is 15.9. The highest BCUT2D eigenvalue weighted by molar-refractivity contribution is 7.80. The van der Waals surface area contributed by atoms with Crippen molar-refractivity contribution in [2.45, 2.75) is 77.7 Å². The van der Waals surface area contributed by atoms with Crippen LogP contribution in [-0.2, 0) is 9.59 Å². The van der Waals surface area contributed by atoms with Crippen LogP contribution in [0.3, 0.4) is 0 Å². The predicted molar refractivity (Wildman–Crippen MR) is 136 cm³/mol. The largest absolute Gasteiger partial charge is 0.373 e. The molecule has 1 amide bonds. The molecule has 2 aromatic rings. The van der Waals surface area contributed by atoms with E-state index < -0.39 is 0 Å². The molecule has 5 nitrogen and oxygen atoms in total. The van der Waals surface area contributed by atoms with E-state index in [1.165, 1.54) is 11.1 Å². The van der Waals surface area contributed by atoms with Crippen LogP contribution in [0.4, 0.5) is 0 Å². The molecule has 0 aromatic heterocycles. The van der Waals surface area contributed by atoms with Crippen LogP contribution in [0.5, 0.6) is 0 Å². The van der Waals surface area contributed by atoms with E-state index in [1.54, 1.807) is 12.1 Å². The predicted octanol–water partition coefficient (Wildman–Crippen LogP) is 5.94. The molecule has 3 rings (SSSR count). The van der Waals surface area contributed by atoms with Crippen LogP contribution in [0.2, 0.25) is 0 Å². The lowest BCUT2D eigenvalue weighted by Gasteiger charge is -2.42. The second kappa shape index (κ2) is 15.1. The lowest BCUT2D eigenvalue weighted by molar-refractivity contribution is -0.191. The molecular weight excluding hydrogens is 432 g/mol. The number of rotatable bonds is 5. The van der Waals surface area contributed by atoms with E-state index in [0.717, 1.165) is 38.5 Å². The van der Waals surface area contributed by atoms with Crippen LogP contribution >= 0.6 is 12.2 Å². The standard InChI is InChI=1S/C24H30N2OS.C2H6.CO2/c1-3-15-24(26-23(28)25-22(27)21-7-5-4-6-8-21)16-13-20(14-17-24)19-11-9-18(2)10-12-19;1-2;2-1-3/h4-12,20H,3,13-17H2,1-2H3,(H2,25,26,27,28);1-2H3;. The van der Waals surface area contributed by atoms with Gasteiger partial charge in [-0.3, -0.25) is 10.1 Å². The summed E-state index contributed by atoms with van der Waals surface area (Å²) in [6.07, 6.45) is 6.84. The van der Waals surface area contributed by atoms with Gasteiger partial charge in [0.25, 0.3) is 5.91 Å². The van der Waals surface area contributed by atoms with Crippen LogP contribution in [0, 0.1) is 6.92 Å². The van der Waals surface area contributed by atoms with Gasteiger partial charge in [-0.15, -0.1) is 0 Å². The third kappa shape index (κ3) is 9.29. The van der Waals surface area contributed by atoms with Crippen molar-refractivity contribution in [2.75, 3.05) is 0 Å². The molecule has 0 saturated heterocycles. The molecule has 0 heterocycles. The molecule has 0 unspecified atom stereocenters. The summed E-state index contributed by atoms with van der Waals surface area (Å²) in [5.74, 6) is 0.456. The minimum atomic E-state index is -0.155. The summed E-state index contributed by atoms with van der Waals surface area (Å²) < 4.78 is 0. The molecular formula is C27H36N2O3S. The Bertz CT molecular complexity index is 883. The van der Waals surface area contributed by atoms with Gasteiger partial charge in [-0.25, -0.2) is 0 Å². The molecule has 0 spiro atoms. The maximum Gasteiger partial charge on any atom is 0.373 e. The maximum atomic E-state index is 12.4. The van der Waals surface area contributed by atoms with E-state index in [9.17, 15) is 4.79 Å². The van der Waals surface area contributed by atoms with E-state index in [1.807, 2.05) is 32.0 Å². The zero-order valence-corrected chi connectivity index (χ0v) is 21.0. The van der Waals surface area contributed by atoms with Crippen molar-refractivity contribution >= 4 is 29.4 Å². The number of carbonyl (C=O) groups excluding carboxylic acids is 3. The molecule has 2 N–H and O–H groups in total.